The minimum absolute atomic E-state index is 0.0671. The molecule has 2 fully saturated rings. The number of benzene rings is 1. The zero-order valence-corrected chi connectivity index (χ0v) is 10.2. The first kappa shape index (κ1) is 12.9. The van der Waals surface area contributed by atoms with Gasteiger partial charge < -0.3 is 10.2 Å². The number of carboxylic acid groups (broad SMARTS) is 1. The smallest absolute Gasteiger partial charge is 0.339 e. The van der Waals surface area contributed by atoms with Crippen molar-refractivity contribution in [3.05, 3.63) is 29.8 Å². The number of hydrogen-bond acceptors (Lipinski definition) is 4. The van der Waals surface area contributed by atoms with Crippen molar-refractivity contribution in [1.29, 1.82) is 0 Å². The second-order valence-corrected chi connectivity index (χ2v) is 4.44. The lowest BCUT2D eigenvalue weighted by atomic mass is 10.2. The van der Waals surface area contributed by atoms with Crippen molar-refractivity contribution in [3.63, 3.8) is 0 Å². The number of carbonyl (C=O) groups is 1. The number of rotatable bonds is 1. The number of hydrogen-bond donors (Lipinski definition) is 2. The molecule has 5 heteroatoms. The van der Waals surface area contributed by atoms with E-state index in [2.05, 4.69) is 10.0 Å². The molecule has 98 valence electrons. The van der Waals surface area contributed by atoms with E-state index >= 15 is 0 Å². The standard InChI is InChI=1S/C7H6O3.C6H12N2/c8-6-4-2-1-3-5(6)7(9)10;1-3-7-5-2-6-8(7)4-1/h1-4,8H,(H,9,10);1-6H2. The van der Waals surface area contributed by atoms with Crippen LogP contribution in [0.15, 0.2) is 24.3 Å². The largest absolute Gasteiger partial charge is 0.507 e. The molecule has 2 aliphatic rings. The van der Waals surface area contributed by atoms with Gasteiger partial charge in [-0.05, 0) is 25.0 Å². The van der Waals surface area contributed by atoms with Gasteiger partial charge in [-0.1, -0.05) is 12.1 Å². The van der Waals surface area contributed by atoms with Gasteiger partial charge in [-0.2, -0.15) is 0 Å². The third-order valence-electron chi connectivity index (χ3n) is 3.20. The predicted octanol–water partition coefficient (Wildman–Crippen LogP) is 1.40. The fraction of sp³-hybridized carbons (Fsp3) is 0.462. The highest BCUT2D eigenvalue weighted by Gasteiger charge is 2.25. The summed E-state index contributed by atoms with van der Waals surface area (Å²) >= 11 is 0. The van der Waals surface area contributed by atoms with Crippen LogP contribution in [0.2, 0.25) is 0 Å². The van der Waals surface area contributed by atoms with Gasteiger partial charge in [0.25, 0.3) is 0 Å². The molecule has 1 aromatic carbocycles. The summed E-state index contributed by atoms with van der Waals surface area (Å²) in [5.74, 6) is -1.31. The van der Waals surface area contributed by atoms with Gasteiger partial charge in [-0.25, -0.2) is 14.8 Å². The minimum Gasteiger partial charge on any atom is -0.507 e. The topological polar surface area (TPSA) is 64.0 Å². The normalized spacial score (nSPS) is 19.1. The van der Waals surface area contributed by atoms with Crippen molar-refractivity contribution in [2.75, 3.05) is 26.2 Å². The lowest BCUT2D eigenvalue weighted by molar-refractivity contribution is 0.0694. The van der Waals surface area contributed by atoms with Gasteiger partial charge in [0.15, 0.2) is 0 Å². The first-order valence-electron chi connectivity index (χ1n) is 6.19. The van der Waals surface area contributed by atoms with Crippen molar-refractivity contribution in [3.8, 4) is 5.75 Å². The molecule has 3 rings (SSSR count). The molecule has 2 aliphatic heterocycles. The molecular formula is C13H18N2O3. The third kappa shape index (κ3) is 3.00. The molecule has 0 radical (unpaired) electrons. The summed E-state index contributed by atoms with van der Waals surface area (Å²) in [6.07, 6.45) is 2.78. The quantitative estimate of drug-likeness (QED) is 0.789. The molecule has 0 bridgehead atoms. The van der Waals surface area contributed by atoms with Gasteiger partial charge >= 0.3 is 5.97 Å². The van der Waals surface area contributed by atoms with E-state index < -0.39 is 5.97 Å². The Morgan fingerprint density at radius 1 is 1.00 bits per heavy atom. The van der Waals surface area contributed by atoms with E-state index in [9.17, 15) is 4.79 Å². The molecule has 2 saturated heterocycles. The summed E-state index contributed by atoms with van der Waals surface area (Å²) in [7, 11) is 0. The van der Waals surface area contributed by atoms with Crippen LogP contribution >= 0.6 is 0 Å². The lowest BCUT2D eigenvalue weighted by Gasteiger charge is -2.16. The Bertz CT molecular complexity index is 402. The maximum Gasteiger partial charge on any atom is 0.339 e. The monoisotopic (exact) mass is 250 g/mol. The molecule has 0 aliphatic carbocycles. The van der Waals surface area contributed by atoms with Crippen LogP contribution in [0.3, 0.4) is 0 Å². The molecule has 0 saturated carbocycles. The molecule has 0 atom stereocenters. The molecule has 2 N–H and O–H groups in total. The Kier molecular flexibility index (Phi) is 4.17. The fourth-order valence-electron chi connectivity index (χ4n) is 2.32. The zero-order chi connectivity index (χ0) is 13.0. The Morgan fingerprint density at radius 3 is 1.89 bits per heavy atom. The van der Waals surface area contributed by atoms with Crippen LogP contribution in [0, 0.1) is 0 Å². The predicted molar refractivity (Wildman–Crippen MR) is 67.4 cm³/mol. The summed E-state index contributed by atoms with van der Waals surface area (Å²) in [5.41, 5.74) is -0.0671. The summed E-state index contributed by atoms with van der Waals surface area (Å²) in [6, 6.07) is 5.81. The Hall–Kier alpha value is -1.59. The number of nitrogens with zero attached hydrogens (tertiary/aromatic N) is 2. The highest BCUT2D eigenvalue weighted by atomic mass is 16.4. The lowest BCUT2D eigenvalue weighted by Crippen LogP contribution is -2.28. The molecule has 2 heterocycles. The summed E-state index contributed by atoms with van der Waals surface area (Å²) < 4.78 is 0. The number of hydrazine groups is 1. The number of fused-ring (bicyclic) bond motifs is 1. The molecule has 5 nitrogen and oxygen atoms in total. The number of aromatic hydroxyl groups is 1. The highest BCUT2D eigenvalue weighted by Crippen LogP contribution is 2.16. The molecule has 0 aromatic heterocycles. The van der Waals surface area contributed by atoms with Crippen molar-refractivity contribution in [1.82, 2.24) is 10.0 Å². The van der Waals surface area contributed by atoms with Gasteiger partial charge in [-0.15, -0.1) is 0 Å². The number of para-hydroxylation sites is 1. The van der Waals surface area contributed by atoms with Gasteiger partial charge in [0.1, 0.15) is 11.3 Å². The average Bonchev–Trinajstić information content (AvgIpc) is 2.92. The van der Waals surface area contributed by atoms with Crippen molar-refractivity contribution in [2.24, 2.45) is 0 Å². The zero-order valence-electron chi connectivity index (χ0n) is 10.2. The van der Waals surface area contributed by atoms with Crippen LogP contribution < -0.4 is 0 Å². The van der Waals surface area contributed by atoms with Crippen molar-refractivity contribution in [2.45, 2.75) is 12.8 Å². The van der Waals surface area contributed by atoms with Crippen LogP contribution in [0.5, 0.6) is 5.75 Å². The van der Waals surface area contributed by atoms with E-state index in [0.29, 0.717) is 0 Å². The summed E-state index contributed by atoms with van der Waals surface area (Å²) in [6.45, 7) is 5.28. The maximum atomic E-state index is 10.3. The molecule has 1 aromatic rings. The van der Waals surface area contributed by atoms with Crippen LogP contribution in [-0.4, -0.2) is 52.4 Å². The van der Waals surface area contributed by atoms with Crippen LogP contribution in [0.4, 0.5) is 0 Å². The molecule has 0 amide bonds. The Balaban J connectivity index is 0.000000136. The third-order valence-corrected chi connectivity index (χ3v) is 3.20. The molecular weight excluding hydrogens is 232 g/mol. The maximum absolute atomic E-state index is 10.3. The molecule has 0 unspecified atom stereocenters. The fourth-order valence-corrected chi connectivity index (χ4v) is 2.32. The number of carboxylic acids is 1. The van der Waals surface area contributed by atoms with Crippen molar-refractivity contribution >= 4 is 5.97 Å². The Morgan fingerprint density at radius 2 is 1.50 bits per heavy atom. The number of phenols is 1. The number of aromatic carboxylic acids is 1. The molecule has 18 heavy (non-hydrogen) atoms. The van der Waals surface area contributed by atoms with E-state index in [4.69, 9.17) is 10.2 Å². The molecule has 0 spiro atoms. The van der Waals surface area contributed by atoms with E-state index in [1.807, 2.05) is 0 Å². The van der Waals surface area contributed by atoms with E-state index in [-0.39, 0.29) is 11.3 Å². The summed E-state index contributed by atoms with van der Waals surface area (Å²) in [5, 5.41) is 22.3. The second-order valence-electron chi connectivity index (χ2n) is 4.44. The summed E-state index contributed by atoms with van der Waals surface area (Å²) in [4.78, 5) is 10.3. The highest BCUT2D eigenvalue weighted by molar-refractivity contribution is 5.90. The average molecular weight is 250 g/mol. The first-order chi connectivity index (χ1) is 8.68. The van der Waals surface area contributed by atoms with Crippen molar-refractivity contribution < 1.29 is 15.0 Å². The van der Waals surface area contributed by atoms with Crippen LogP contribution in [0.25, 0.3) is 0 Å². The van der Waals surface area contributed by atoms with Gasteiger partial charge in [0.05, 0.1) is 0 Å². The van der Waals surface area contributed by atoms with Gasteiger partial charge in [0, 0.05) is 26.2 Å². The second kappa shape index (κ2) is 5.84. The van der Waals surface area contributed by atoms with E-state index in [0.717, 1.165) is 0 Å². The SMILES string of the molecule is C1CN2CCCN2C1.O=C(O)c1ccccc1O. The van der Waals surface area contributed by atoms with E-state index in [1.54, 1.807) is 12.1 Å². The first-order valence-corrected chi connectivity index (χ1v) is 6.19. The van der Waals surface area contributed by atoms with E-state index in [1.165, 1.54) is 51.2 Å². The Labute approximate surface area is 106 Å². The minimum atomic E-state index is -1.11. The van der Waals surface area contributed by atoms with Crippen LogP contribution in [0.1, 0.15) is 23.2 Å². The van der Waals surface area contributed by atoms with Gasteiger partial charge in [0.2, 0.25) is 0 Å². The van der Waals surface area contributed by atoms with Crippen LogP contribution in [-0.2, 0) is 0 Å². The van der Waals surface area contributed by atoms with Gasteiger partial charge in [-0.3, -0.25) is 0 Å².